The van der Waals surface area contributed by atoms with Crippen LogP contribution in [-0.4, -0.2) is 96.7 Å². The van der Waals surface area contributed by atoms with E-state index in [1.165, 1.54) is 225 Å². The van der Waals surface area contributed by atoms with E-state index < -0.39 is 97.5 Å². The fraction of sp³-hybridized carbons (Fsp3) is 0.949. The van der Waals surface area contributed by atoms with Crippen LogP contribution in [0.25, 0.3) is 0 Å². The van der Waals surface area contributed by atoms with Crippen molar-refractivity contribution in [2.75, 3.05) is 39.6 Å². The number of phosphoric ester groups is 2. The summed E-state index contributed by atoms with van der Waals surface area (Å²) < 4.78 is 68.6. The molecule has 0 aliphatic rings. The number of ether oxygens (including phenoxy) is 4. The number of hydrogen-bond donors (Lipinski definition) is 3. The van der Waals surface area contributed by atoms with Crippen molar-refractivity contribution in [1.29, 1.82) is 0 Å². The van der Waals surface area contributed by atoms with Crippen LogP contribution in [0.3, 0.4) is 0 Å². The molecule has 582 valence electrons. The highest BCUT2D eigenvalue weighted by molar-refractivity contribution is 7.47. The van der Waals surface area contributed by atoms with Crippen molar-refractivity contribution in [3.8, 4) is 0 Å². The highest BCUT2D eigenvalue weighted by atomic mass is 31.2. The van der Waals surface area contributed by atoms with Gasteiger partial charge in [0, 0.05) is 25.7 Å². The summed E-state index contributed by atoms with van der Waals surface area (Å²) in [4.78, 5) is 72.8. The summed E-state index contributed by atoms with van der Waals surface area (Å²) in [6, 6.07) is 0. The number of carbonyl (C=O) groups is 4. The molecule has 0 radical (unpaired) electrons. The molecule has 6 atom stereocenters. The summed E-state index contributed by atoms with van der Waals surface area (Å²) in [6.45, 7) is 9.67. The maximum Gasteiger partial charge on any atom is 0.472 e. The summed E-state index contributed by atoms with van der Waals surface area (Å²) in [5.41, 5.74) is 0. The molecule has 0 fully saturated rings. The van der Waals surface area contributed by atoms with Crippen molar-refractivity contribution < 1.29 is 80.2 Å². The minimum Gasteiger partial charge on any atom is -0.462 e. The first-order chi connectivity index (χ1) is 47.4. The molecule has 0 aliphatic carbocycles. The number of esters is 4. The highest BCUT2D eigenvalue weighted by Gasteiger charge is 2.30. The molecule has 17 nitrogen and oxygen atoms in total. The molecule has 3 N–H and O–H groups in total. The van der Waals surface area contributed by atoms with Crippen molar-refractivity contribution in [2.45, 2.75) is 432 Å². The molecule has 0 amide bonds. The minimum absolute atomic E-state index is 0.108. The van der Waals surface area contributed by atoms with Gasteiger partial charge in [-0.3, -0.25) is 37.3 Å². The van der Waals surface area contributed by atoms with Crippen molar-refractivity contribution in [2.24, 2.45) is 11.8 Å². The molecule has 0 aliphatic heterocycles. The minimum atomic E-state index is -4.96. The number of aliphatic hydroxyl groups is 1. The lowest BCUT2D eigenvalue weighted by Gasteiger charge is -2.21. The quantitative estimate of drug-likeness (QED) is 0.0222. The van der Waals surface area contributed by atoms with Gasteiger partial charge in [-0.2, -0.15) is 0 Å². The average molecular weight is 1440 g/mol. The van der Waals surface area contributed by atoms with Gasteiger partial charge < -0.3 is 33.8 Å². The van der Waals surface area contributed by atoms with Gasteiger partial charge in [-0.1, -0.05) is 363 Å². The van der Waals surface area contributed by atoms with Gasteiger partial charge in [-0.15, -0.1) is 0 Å². The van der Waals surface area contributed by atoms with Crippen LogP contribution < -0.4 is 0 Å². The zero-order valence-corrected chi connectivity index (χ0v) is 65.9. The van der Waals surface area contributed by atoms with Crippen LogP contribution in [-0.2, 0) is 65.4 Å². The van der Waals surface area contributed by atoms with Gasteiger partial charge in [0.05, 0.1) is 26.4 Å². The van der Waals surface area contributed by atoms with Crippen molar-refractivity contribution >= 4 is 39.5 Å². The summed E-state index contributed by atoms with van der Waals surface area (Å²) in [5, 5.41) is 10.6. The molecule has 0 aromatic rings. The van der Waals surface area contributed by atoms with E-state index in [9.17, 15) is 43.2 Å². The van der Waals surface area contributed by atoms with Crippen molar-refractivity contribution in [1.82, 2.24) is 0 Å². The Hall–Kier alpha value is -1.94. The fourth-order valence-corrected chi connectivity index (χ4v) is 13.7. The first kappa shape index (κ1) is 96.1. The third kappa shape index (κ3) is 71.1. The van der Waals surface area contributed by atoms with Crippen molar-refractivity contribution in [3.63, 3.8) is 0 Å². The van der Waals surface area contributed by atoms with E-state index in [1.807, 2.05) is 0 Å². The van der Waals surface area contributed by atoms with Crippen LogP contribution >= 0.6 is 15.6 Å². The summed E-state index contributed by atoms with van der Waals surface area (Å²) >= 11 is 0. The standard InChI is InChI=1S/C79H154O17P2/c1-7-10-12-14-16-18-19-20-28-33-39-45-51-57-63-78(83)95-74(67-89-76(81)61-55-49-43-17-15-13-11-8-2)69-93-97(85,86)91-65-73(80)66-92-98(87,88)94-70-75(68-90-77(82)62-56-50-44-38-35-30-31-36-41-47-53-59-71(4)5)96-79(84)64-58-52-46-40-34-29-26-24-22-21-23-25-27-32-37-42-48-54-60-72(6)9-3/h71-75,80H,7-70H2,1-6H3,(H,85,86)(H,87,88)/t72?,73-,74+,75+/m0/s1. The zero-order chi connectivity index (χ0) is 72.1. The molecule has 0 bridgehead atoms. The van der Waals surface area contributed by atoms with E-state index >= 15 is 0 Å². The Balaban J connectivity index is 5.18. The van der Waals surface area contributed by atoms with Crippen LogP contribution in [0.1, 0.15) is 414 Å². The Morgan fingerprint density at radius 2 is 0.520 bits per heavy atom. The number of phosphoric acid groups is 2. The predicted octanol–water partition coefficient (Wildman–Crippen LogP) is 23.5. The second-order valence-electron chi connectivity index (χ2n) is 29.2. The van der Waals surface area contributed by atoms with E-state index in [1.54, 1.807) is 0 Å². The number of rotatable bonds is 78. The Morgan fingerprint density at radius 1 is 0.296 bits per heavy atom. The summed E-state index contributed by atoms with van der Waals surface area (Å²) in [6.07, 6.45) is 59.7. The molecule has 0 spiro atoms. The van der Waals surface area contributed by atoms with E-state index in [0.29, 0.717) is 25.7 Å². The van der Waals surface area contributed by atoms with Crippen molar-refractivity contribution in [3.05, 3.63) is 0 Å². The van der Waals surface area contributed by atoms with Crippen LogP contribution in [0.15, 0.2) is 0 Å². The van der Waals surface area contributed by atoms with Gasteiger partial charge in [0.1, 0.15) is 19.3 Å². The number of hydrogen-bond acceptors (Lipinski definition) is 15. The third-order valence-corrected chi connectivity index (χ3v) is 20.7. The molecule has 3 unspecified atom stereocenters. The molecule has 19 heteroatoms. The molecule has 0 aromatic heterocycles. The SMILES string of the molecule is CCCCCCCCCCCCCCCCC(=O)O[C@H](COC(=O)CCCCCCCCCC)COP(=O)(O)OC[C@H](O)COP(=O)(O)OC[C@@H](COC(=O)CCCCCCCCCCCCCC(C)C)OC(=O)CCCCCCCCCCCCCCCCCCCCC(C)CC. The predicted molar refractivity (Wildman–Crippen MR) is 400 cm³/mol. The lowest BCUT2D eigenvalue weighted by molar-refractivity contribution is -0.161. The molecular formula is C79H154O17P2. The van der Waals surface area contributed by atoms with Gasteiger partial charge in [-0.25, -0.2) is 9.13 Å². The number of aliphatic hydroxyl groups excluding tert-OH is 1. The third-order valence-electron chi connectivity index (χ3n) is 18.8. The highest BCUT2D eigenvalue weighted by Crippen LogP contribution is 2.45. The molecule has 0 aromatic carbocycles. The Labute approximate surface area is 600 Å². The zero-order valence-electron chi connectivity index (χ0n) is 64.1. The first-order valence-corrected chi connectivity index (χ1v) is 44.0. The van der Waals surface area contributed by atoms with E-state index in [-0.39, 0.29) is 25.7 Å². The Kier molecular flexibility index (Phi) is 69.3. The number of unbranched alkanes of at least 4 members (excludes halogenated alkanes) is 47. The van der Waals surface area contributed by atoms with Crippen LogP contribution in [0.4, 0.5) is 0 Å². The van der Waals surface area contributed by atoms with Gasteiger partial charge in [0.2, 0.25) is 0 Å². The van der Waals surface area contributed by atoms with E-state index in [4.69, 9.17) is 37.0 Å². The topological polar surface area (TPSA) is 237 Å². The number of carbonyl (C=O) groups excluding carboxylic acids is 4. The van der Waals surface area contributed by atoms with E-state index in [0.717, 1.165) is 108 Å². The Morgan fingerprint density at radius 3 is 0.776 bits per heavy atom. The normalized spacial score (nSPS) is 14.2. The monoisotopic (exact) mass is 1440 g/mol. The molecule has 98 heavy (non-hydrogen) atoms. The van der Waals surface area contributed by atoms with Crippen LogP contribution in [0, 0.1) is 11.8 Å². The molecule has 0 saturated carbocycles. The van der Waals surface area contributed by atoms with Gasteiger partial charge in [-0.05, 0) is 37.5 Å². The van der Waals surface area contributed by atoms with Crippen LogP contribution in [0.5, 0.6) is 0 Å². The molecular weight excluding hydrogens is 1280 g/mol. The van der Waals surface area contributed by atoms with Gasteiger partial charge in [0.15, 0.2) is 12.2 Å². The fourth-order valence-electron chi connectivity index (χ4n) is 12.2. The lowest BCUT2D eigenvalue weighted by atomic mass is 9.99. The van der Waals surface area contributed by atoms with Gasteiger partial charge in [0.25, 0.3) is 0 Å². The van der Waals surface area contributed by atoms with Crippen LogP contribution in [0.2, 0.25) is 0 Å². The molecule has 0 saturated heterocycles. The second kappa shape index (κ2) is 70.7. The maximum atomic E-state index is 13.1. The lowest BCUT2D eigenvalue weighted by Crippen LogP contribution is -2.30. The molecule has 0 rings (SSSR count). The maximum absolute atomic E-state index is 13.1. The second-order valence-corrected chi connectivity index (χ2v) is 32.1. The Bertz CT molecular complexity index is 1890. The first-order valence-electron chi connectivity index (χ1n) is 41.0. The summed E-state index contributed by atoms with van der Waals surface area (Å²) in [5.74, 6) is -0.471. The average Bonchev–Trinajstić information content (AvgIpc) is 0.987. The van der Waals surface area contributed by atoms with Gasteiger partial charge >= 0.3 is 39.5 Å². The largest absolute Gasteiger partial charge is 0.472 e. The summed E-state index contributed by atoms with van der Waals surface area (Å²) in [7, 11) is -9.91. The van der Waals surface area contributed by atoms with E-state index in [2.05, 4.69) is 41.5 Å². The molecule has 0 heterocycles. The smallest absolute Gasteiger partial charge is 0.462 e.